The lowest BCUT2D eigenvalue weighted by atomic mass is 9.53. The predicted molar refractivity (Wildman–Crippen MR) is 87.3 cm³/mol. The Morgan fingerprint density at radius 3 is 2.68 bits per heavy atom. The van der Waals surface area contributed by atoms with E-state index in [0.29, 0.717) is 5.41 Å². The fourth-order valence-corrected chi connectivity index (χ4v) is 4.55. The fraction of sp³-hybridized carbons (Fsp3) is 0.389. The predicted octanol–water partition coefficient (Wildman–Crippen LogP) is 5.08. The van der Waals surface area contributed by atoms with Crippen LogP contribution in [-0.4, -0.2) is 11.5 Å². The summed E-state index contributed by atoms with van der Waals surface area (Å²) in [5.74, 6) is -0.375. The third kappa shape index (κ3) is 1.95. The molecule has 1 saturated carbocycles. The van der Waals surface area contributed by atoms with Gasteiger partial charge in [0.25, 0.3) is 0 Å². The number of benzene rings is 1. The highest BCUT2D eigenvalue weighted by Gasteiger charge is 2.56. The molecule has 1 spiro atoms. The lowest BCUT2D eigenvalue weighted by molar-refractivity contribution is 0.0671. The molecule has 0 saturated heterocycles. The number of halogens is 2. The molecule has 0 radical (unpaired) electrons. The highest BCUT2D eigenvalue weighted by molar-refractivity contribution is 6.30. The van der Waals surface area contributed by atoms with Gasteiger partial charge in [-0.15, -0.1) is 0 Å². The summed E-state index contributed by atoms with van der Waals surface area (Å²) in [6, 6.07) is 9.04. The summed E-state index contributed by atoms with van der Waals surface area (Å²) in [6.07, 6.45) is 4.10. The molecule has 1 aromatic carbocycles. The smallest absolute Gasteiger partial charge is 0.143 e. The number of aromatic nitrogens is 1. The summed E-state index contributed by atoms with van der Waals surface area (Å²) in [7, 11) is 0. The van der Waals surface area contributed by atoms with Gasteiger partial charge in [-0.3, -0.25) is 4.98 Å². The molecule has 0 bridgehead atoms. The van der Waals surface area contributed by atoms with Gasteiger partial charge in [0.15, 0.2) is 0 Å². The van der Waals surface area contributed by atoms with Crippen LogP contribution in [0.2, 0.25) is 5.02 Å². The lowest BCUT2D eigenvalue weighted by Gasteiger charge is -2.51. The zero-order chi connectivity index (χ0) is 15.5. The van der Waals surface area contributed by atoms with E-state index in [1.807, 2.05) is 18.3 Å². The standard InChI is InChI=1S/C18H18ClFN2/c1-17(2)9-18(10-17)11-22(15-4-3-7-21-16(15)18)12-5-6-13(19)14(20)8-12/h3-8H,9-11H2,1-2H3. The van der Waals surface area contributed by atoms with Gasteiger partial charge < -0.3 is 4.90 Å². The largest absolute Gasteiger partial charge is 0.339 e. The molecule has 22 heavy (non-hydrogen) atoms. The maximum atomic E-state index is 13.8. The first-order chi connectivity index (χ1) is 10.4. The molecule has 2 aliphatic rings. The number of nitrogens with zero attached hydrogens (tertiary/aromatic N) is 2. The third-order valence-corrected chi connectivity index (χ3v) is 5.20. The van der Waals surface area contributed by atoms with Crippen LogP contribution >= 0.6 is 11.6 Å². The molecule has 1 aliphatic heterocycles. The molecule has 4 rings (SSSR count). The van der Waals surface area contributed by atoms with E-state index in [2.05, 4.69) is 29.8 Å². The van der Waals surface area contributed by atoms with Crippen LogP contribution < -0.4 is 4.90 Å². The summed E-state index contributed by atoms with van der Waals surface area (Å²) in [5.41, 5.74) is 3.56. The van der Waals surface area contributed by atoms with Crippen LogP contribution in [0.15, 0.2) is 36.5 Å². The molecule has 1 aliphatic carbocycles. The van der Waals surface area contributed by atoms with E-state index in [1.165, 1.54) is 6.07 Å². The quantitative estimate of drug-likeness (QED) is 0.729. The van der Waals surface area contributed by atoms with Crippen LogP contribution in [0.5, 0.6) is 0 Å². The molecule has 0 atom stereocenters. The van der Waals surface area contributed by atoms with Crippen LogP contribution in [0.25, 0.3) is 0 Å². The number of anilines is 2. The SMILES string of the molecule is CC1(C)CC2(CN(c3ccc(Cl)c(F)c3)c3cccnc32)C1. The molecule has 0 N–H and O–H groups in total. The summed E-state index contributed by atoms with van der Waals surface area (Å²) in [4.78, 5) is 6.83. The molecule has 2 heterocycles. The Labute approximate surface area is 134 Å². The number of pyridine rings is 1. The van der Waals surface area contributed by atoms with Crippen molar-refractivity contribution in [1.29, 1.82) is 0 Å². The van der Waals surface area contributed by atoms with Gasteiger partial charge in [-0.2, -0.15) is 0 Å². The van der Waals surface area contributed by atoms with E-state index in [1.54, 1.807) is 6.07 Å². The van der Waals surface area contributed by atoms with Gasteiger partial charge >= 0.3 is 0 Å². The second kappa shape index (κ2) is 4.45. The minimum atomic E-state index is -0.375. The molecule has 114 valence electrons. The molecule has 2 nitrogen and oxygen atoms in total. The fourth-order valence-electron chi connectivity index (χ4n) is 4.43. The van der Waals surface area contributed by atoms with Gasteiger partial charge in [0.2, 0.25) is 0 Å². The minimum Gasteiger partial charge on any atom is -0.339 e. The normalized spacial score (nSPS) is 20.8. The maximum Gasteiger partial charge on any atom is 0.143 e. The molecule has 0 unspecified atom stereocenters. The van der Waals surface area contributed by atoms with E-state index in [4.69, 9.17) is 11.6 Å². The third-order valence-electron chi connectivity index (χ3n) is 4.89. The van der Waals surface area contributed by atoms with Crippen LogP contribution in [-0.2, 0) is 5.41 Å². The summed E-state index contributed by atoms with van der Waals surface area (Å²) in [5, 5.41) is 0.161. The second-order valence-electron chi connectivity index (χ2n) is 7.35. The van der Waals surface area contributed by atoms with Crippen LogP contribution in [0.3, 0.4) is 0 Å². The number of fused-ring (bicyclic) bond motifs is 2. The van der Waals surface area contributed by atoms with Gasteiger partial charge in [0, 0.05) is 23.8 Å². The zero-order valence-electron chi connectivity index (χ0n) is 12.7. The average Bonchev–Trinajstić information content (AvgIpc) is 2.76. The highest BCUT2D eigenvalue weighted by Crippen LogP contribution is 2.60. The van der Waals surface area contributed by atoms with Crippen molar-refractivity contribution in [2.45, 2.75) is 32.1 Å². The van der Waals surface area contributed by atoms with Crippen LogP contribution in [0.4, 0.5) is 15.8 Å². The monoisotopic (exact) mass is 316 g/mol. The van der Waals surface area contributed by atoms with Gasteiger partial charge in [0.1, 0.15) is 5.82 Å². The van der Waals surface area contributed by atoms with Crippen molar-refractivity contribution in [3.63, 3.8) is 0 Å². The summed E-state index contributed by atoms with van der Waals surface area (Å²) >= 11 is 5.81. The van der Waals surface area contributed by atoms with Crippen molar-refractivity contribution < 1.29 is 4.39 Å². The van der Waals surface area contributed by atoms with Crippen LogP contribution in [0, 0.1) is 11.2 Å². The van der Waals surface area contributed by atoms with E-state index < -0.39 is 0 Å². The van der Waals surface area contributed by atoms with E-state index in [0.717, 1.165) is 36.5 Å². The first kappa shape index (κ1) is 14.0. The molecular formula is C18H18ClFN2. The lowest BCUT2D eigenvalue weighted by Crippen LogP contribution is -2.49. The molecule has 4 heteroatoms. The van der Waals surface area contributed by atoms with Crippen molar-refractivity contribution in [3.8, 4) is 0 Å². The molecule has 2 aromatic rings. The van der Waals surface area contributed by atoms with Gasteiger partial charge in [-0.1, -0.05) is 25.4 Å². The van der Waals surface area contributed by atoms with Crippen molar-refractivity contribution in [2.24, 2.45) is 5.41 Å². The van der Waals surface area contributed by atoms with Crippen molar-refractivity contribution in [3.05, 3.63) is 53.1 Å². The molecule has 1 aromatic heterocycles. The highest BCUT2D eigenvalue weighted by atomic mass is 35.5. The Balaban J connectivity index is 1.78. The Morgan fingerprint density at radius 2 is 2.00 bits per heavy atom. The molecular weight excluding hydrogens is 299 g/mol. The molecule has 0 amide bonds. The number of hydrogen-bond acceptors (Lipinski definition) is 2. The van der Waals surface area contributed by atoms with E-state index in [9.17, 15) is 4.39 Å². The first-order valence-electron chi connectivity index (χ1n) is 7.58. The van der Waals surface area contributed by atoms with Gasteiger partial charge in [-0.05, 0) is 48.6 Å². The Kier molecular flexibility index (Phi) is 2.83. The zero-order valence-corrected chi connectivity index (χ0v) is 13.5. The topological polar surface area (TPSA) is 16.1 Å². The Hall–Kier alpha value is -1.61. The number of hydrogen-bond donors (Lipinski definition) is 0. The van der Waals surface area contributed by atoms with E-state index >= 15 is 0 Å². The van der Waals surface area contributed by atoms with E-state index in [-0.39, 0.29) is 16.3 Å². The van der Waals surface area contributed by atoms with Crippen molar-refractivity contribution >= 4 is 23.0 Å². The van der Waals surface area contributed by atoms with Crippen LogP contribution in [0.1, 0.15) is 32.4 Å². The molecule has 1 fully saturated rings. The maximum absolute atomic E-state index is 13.8. The first-order valence-corrected chi connectivity index (χ1v) is 7.96. The minimum absolute atomic E-state index is 0.107. The van der Waals surface area contributed by atoms with Gasteiger partial charge in [-0.25, -0.2) is 4.39 Å². The number of rotatable bonds is 1. The van der Waals surface area contributed by atoms with Crippen molar-refractivity contribution in [1.82, 2.24) is 4.98 Å². The summed E-state index contributed by atoms with van der Waals surface area (Å²) < 4.78 is 13.8. The second-order valence-corrected chi connectivity index (χ2v) is 7.76. The average molecular weight is 317 g/mol. The Morgan fingerprint density at radius 1 is 1.23 bits per heavy atom. The van der Waals surface area contributed by atoms with Gasteiger partial charge in [0.05, 0.1) is 16.4 Å². The Bertz CT molecular complexity index is 749. The summed E-state index contributed by atoms with van der Waals surface area (Å²) in [6.45, 7) is 5.46. The van der Waals surface area contributed by atoms with Crippen molar-refractivity contribution in [2.75, 3.05) is 11.4 Å².